The average molecular weight is 346 g/mol. The lowest BCUT2D eigenvalue weighted by atomic mass is 9.98. The zero-order valence-electron chi connectivity index (χ0n) is 12.6. The summed E-state index contributed by atoms with van der Waals surface area (Å²) in [5, 5.41) is 0.874. The fourth-order valence-corrected chi connectivity index (χ4v) is 5.13. The molecule has 0 saturated carbocycles. The molecule has 124 valence electrons. The Bertz CT molecular complexity index is 550. The van der Waals surface area contributed by atoms with E-state index in [1.54, 1.807) is 4.31 Å². The van der Waals surface area contributed by atoms with Gasteiger partial charge in [0.1, 0.15) is 6.33 Å². The topological polar surface area (TPSA) is 75.6 Å². The Hall–Kier alpha value is -0.770. The van der Waals surface area contributed by atoms with Crippen LogP contribution in [0.1, 0.15) is 19.3 Å². The molecule has 0 atom stereocenters. The normalized spacial score (nSPS) is 22.1. The van der Waals surface area contributed by atoms with Gasteiger partial charge in [0, 0.05) is 50.9 Å². The lowest BCUT2D eigenvalue weighted by molar-refractivity contribution is 0.0655. The lowest BCUT2D eigenvalue weighted by Gasteiger charge is -2.34. The van der Waals surface area contributed by atoms with Crippen LogP contribution < -0.4 is 4.90 Å². The molecule has 0 amide bonds. The maximum absolute atomic E-state index is 12.5. The summed E-state index contributed by atoms with van der Waals surface area (Å²) in [4.78, 5) is 6.28. The maximum Gasteiger partial charge on any atom is 0.214 e. The lowest BCUT2D eigenvalue weighted by Crippen LogP contribution is -2.49. The Kier molecular flexibility index (Phi) is 5.27. The van der Waals surface area contributed by atoms with Crippen molar-refractivity contribution in [2.75, 3.05) is 50.0 Å². The van der Waals surface area contributed by atoms with E-state index >= 15 is 0 Å². The van der Waals surface area contributed by atoms with Crippen LogP contribution in [0.4, 0.5) is 5.13 Å². The molecule has 0 aliphatic carbocycles. The molecular weight excluding hydrogens is 324 g/mol. The van der Waals surface area contributed by atoms with Crippen molar-refractivity contribution >= 4 is 26.7 Å². The Morgan fingerprint density at radius 3 is 2.59 bits per heavy atom. The first-order valence-electron chi connectivity index (χ1n) is 7.72. The quantitative estimate of drug-likeness (QED) is 0.785. The number of aromatic nitrogens is 2. The predicted octanol–water partition coefficient (Wildman–Crippen LogP) is 0.807. The van der Waals surface area contributed by atoms with Gasteiger partial charge in [-0.05, 0) is 25.2 Å². The largest absolute Gasteiger partial charge is 0.381 e. The zero-order valence-corrected chi connectivity index (χ0v) is 14.2. The summed E-state index contributed by atoms with van der Waals surface area (Å²) in [5.41, 5.74) is 0. The molecule has 1 aromatic heterocycles. The number of hydrogen-bond donors (Lipinski definition) is 0. The minimum Gasteiger partial charge on any atom is -0.381 e. The molecule has 0 bridgehead atoms. The van der Waals surface area contributed by atoms with Crippen molar-refractivity contribution in [2.45, 2.75) is 19.3 Å². The van der Waals surface area contributed by atoms with Crippen LogP contribution in [0.3, 0.4) is 0 Å². The van der Waals surface area contributed by atoms with Gasteiger partial charge in [-0.1, -0.05) is 0 Å². The molecule has 0 aromatic carbocycles. The fourth-order valence-electron chi connectivity index (χ4n) is 2.94. The number of hydrogen-bond acceptors (Lipinski definition) is 7. The Morgan fingerprint density at radius 1 is 1.23 bits per heavy atom. The van der Waals surface area contributed by atoms with Gasteiger partial charge in [0.25, 0.3) is 0 Å². The van der Waals surface area contributed by atoms with E-state index in [0.29, 0.717) is 32.1 Å². The van der Waals surface area contributed by atoms with E-state index in [9.17, 15) is 8.42 Å². The molecule has 2 fully saturated rings. The van der Waals surface area contributed by atoms with Crippen LogP contribution >= 0.6 is 11.5 Å². The van der Waals surface area contributed by atoms with Crippen LogP contribution in [0.15, 0.2) is 6.33 Å². The monoisotopic (exact) mass is 346 g/mol. The van der Waals surface area contributed by atoms with Crippen molar-refractivity contribution in [3.63, 3.8) is 0 Å². The van der Waals surface area contributed by atoms with Gasteiger partial charge in [0.05, 0.1) is 5.75 Å². The highest BCUT2D eigenvalue weighted by molar-refractivity contribution is 7.89. The molecule has 22 heavy (non-hydrogen) atoms. The van der Waals surface area contributed by atoms with Crippen molar-refractivity contribution in [1.29, 1.82) is 0 Å². The molecule has 9 heteroatoms. The van der Waals surface area contributed by atoms with Crippen molar-refractivity contribution in [3.05, 3.63) is 6.33 Å². The molecule has 0 N–H and O–H groups in total. The number of anilines is 1. The van der Waals surface area contributed by atoms with Gasteiger partial charge in [-0.15, -0.1) is 0 Å². The van der Waals surface area contributed by atoms with Gasteiger partial charge < -0.3 is 9.64 Å². The van der Waals surface area contributed by atoms with E-state index in [2.05, 4.69) is 14.3 Å². The smallest absolute Gasteiger partial charge is 0.214 e. The number of rotatable bonds is 5. The molecule has 1 aromatic rings. The van der Waals surface area contributed by atoms with Crippen LogP contribution in [0.5, 0.6) is 0 Å². The molecule has 3 heterocycles. The van der Waals surface area contributed by atoms with Crippen molar-refractivity contribution < 1.29 is 13.2 Å². The van der Waals surface area contributed by atoms with E-state index in [4.69, 9.17) is 4.74 Å². The van der Waals surface area contributed by atoms with Crippen LogP contribution in [0.2, 0.25) is 0 Å². The summed E-state index contributed by atoms with van der Waals surface area (Å²) in [5.74, 6) is 0.752. The van der Waals surface area contributed by atoms with Gasteiger partial charge in [0.2, 0.25) is 15.2 Å². The summed E-state index contributed by atoms with van der Waals surface area (Å²) in [6.07, 6.45) is 4.26. The van der Waals surface area contributed by atoms with E-state index in [1.165, 1.54) is 17.9 Å². The number of piperazine rings is 1. The third-order valence-electron chi connectivity index (χ3n) is 4.38. The second-order valence-corrected chi connectivity index (χ2v) is 8.62. The van der Waals surface area contributed by atoms with Crippen molar-refractivity contribution in [2.24, 2.45) is 5.92 Å². The van der Waals surface area contributed by atoms with Crippen molar-refractivity contribution in [1.82, 2.24) is 13.7 Å². The highest BCUT2D eigenvalue weighted by atomic mass is 32.2. The van der Waals surface area contributed by atoms with Crippen LogP contribution in [0.25, 0.3) is 0 Å². The minimum absolute atomic E-state index is 0.260. The fraction of sp³-hybridized carbons (Fsp3) is 0.846. The highest BCUT2D eigenvalue weighted by Gasteiger charge is 2.28. The van der Waals surface area contributed by atoms with Gasteiger partial charge in [-0.3, -0.25) is 0 Å². The third-order valence-corrected chi connectivity index (χ3v) is 7.01. The molecule has 2 aliphatic heterocycles. The molecule has 0 radical (unpaired) electrons. The molecule has 7 nitrogen and oxygen atoms in total. The van der Waals surface area contributed by atoms with Crippen LogP contribution in [-0.2, 0) is 14.8 Å². The number of sulfonamides is 1. The first-order chi connectivity index (χ1) is 10.6. The summed E-state index contributed by atoms with van der Waals surface area (Å²) < 4.78 is 35.9. The predicted molar refractivity (Wildman–Crippen MR) is 85.6 cm³/mol. The Morgan fingerprint density at radius 2 is 1.95 bits per heavy atom. The summed E-state index contributed by atoms with van der Waals surface area (Å²) >= 11 is 1.35. The van der Waals surface area contributed by atoms with E-state index < -0.39 is 10.0 Å². The first-order valence-corrected chi connectivity index (χ1v) is 10.1. The van der Waals surface area contributed by atoms with E-state index in [0.717, 1.165) is 37.6 Å². The average Bonchev–Trinajstić information content (AvgIpc) is 3.09. The summed E-state index contributed by atoms with van der Waals surface area (Å²) in [7, 11) is -3.14. The number of ether oxygens (including phenoxy) is 1. The highest BCUT2D eigenvalue weighted by Crippen LogP contribution is 2.22. The first kappa shape index (κ1) is 16.1. The number of nitrogens with zero attached hydrogens (tertiary/aromatic N) is 4. The zero-order chi connectivity index (χ0) is 15.4. The van der Waals surface area contributed by atoms with Gasteiger partial charge in [0.15, 0.2) is 0 Å². The molecule has 0 spiro atoms. The molecule has 2 saturated heterocycles. The molecule has 3 rings (SSSR count). The Balaban J connectivity index is 1.48. The summed E-state index contributed by atoms with van der Waals surface area (Å²) in [6.45, 7) is 3.99. The minimum atomic E-state index is -3.14. The molecule has 2 aliphatic rings. The third kappa shape index (κ3) is 3.95. The maximum atomic E-state index is 12.5. The standard InChI is InChI=1S/C13H22N4O3S2/c18-22(19,10-3-12-1-8-20-9-2-12)17-6-4-16(5-7-17)13-14-11-15-21-13/h11-12H,1-10H2. The van der Waals surface area contributed by atoms with Gasteiger partial charge in [-0.2, -0.15) is 8.68 Å². The van der Waals surface area contributed by atoms with Crippen LogP contribution in [-0.4, -0.2) is 67.2 Å². The summed E-state index contributed by atoms with van der Waals surface area (Å²) in [6, 6.07) is 0. The van der Waals surface area contributed by atoms with Gasteiger partial charge >= 0.3 is 0 Å². The van der Waals surface area contributed by atoms with E-state index in [1.807, 2.05) is 0 Å². The van der Waals surface area contributed by atoms with E-state index in [-0.39, 0.29) is 5.75 Å². The van der Waals surface area contributed by atoms with Gasteiger partial charge in [-0.25, -0.2) is 13.4 Å². The second kappa shape index (κ2) is 7.20. The van der Waals surface area contributed by atoms with Crippen LogP contribution in [0, 0.1) is 5.92 Å². The van der Waals surface area contributed by atoms with Crippen molar-refractivity contribution in [3.8, 4) is 0 Å². The second-order valence-electron chi connectivity index (χ2n) is 5.77. The molecule has 0 unspecified atom stereocenters. The SMILES string of the molecule is O=S(=O)(CCC1CCOCC1)N1CCN(c2ncns2)CC1. The molecular formula is C13H22N4O3S2. The Labute approximate surface area is 135 Å².